The first kappa shape index (κ1) is 21.3. The highest BCUT2D eigenvalue weighted by Crippen LogP contribution is 2.20. The lowest BCUT2D eigenvalue weighted by molar-refractivity contribution is -0.848. The van der Waals surface area contributed by atoms with Crippen molar-refractivity contribution in [3.05, 3.63) is 29.0 Å². The molecule has 8 heteroatoms. The van der Waals surface area contributed by atoms with Crippen LogP contribution in [0.3, 0.4) is 0 Å². The normalized spacial score (nSPS) is 12.1. The maximum atomic E-state index is 11.7. The van der Waals surface area contributed by atoms with Crippen LogP contribution in [0.15, 0.2) is 18.2 Å². The number of ketones is 1. The number of rotatable bonds is 14. The Balaban J connectivity index is 2.09. The highest BCUT2D eigenvalue weighted by molar-refractivity contribution is 5.99. The van der Waals surface area contributed by atoms with Gasteiger partial charge in [-0.3, -0.25) is 4.79 Å². The van der Waals surface area contributed by atoms with Gasteiger partial charge in [-0.25, -0.2) is 0 Å². The summed E-state index contributed by atoms with van der Waals surface area (Å²) in [5.41, 5.74) is 6.62. The Morgan fingerprint density at radius 3 is 2.36 bits per heavy atom. The Morgan fingerprint density at radius 1 is 1.08 bits per heavy atom. The SMILES string of the molecule is COCCOCCOCC[NH+]([O-])CCOc1ccc(C(C)=O)c(N)c1. The lowest BCUT2D eigenvalue weighted by atomic mass is 10.1. The molecule has 0 spiro atoms. The lowest BCUT2D eigenvalue weighted by Gasteiger charge is -2.22. The zero-order chi connectivity index (χ0) is 18.5. The molecule has 8 nitrogen and oxygen atoms in total. The molecule has 0 bridgehead atoms. The summed E-state index contributed by atoms with van der Waals surface area (Å²) < 4.78 is 20.9. The minimum atomic E-state index is -0.0941. The molecular weight excluding hydrogens is 328 g/mol. The molecule has 0 amide bonds. The fraction of sp³-hybridized carbons (Fsp3) is 0.588. The van der Waals surface area contributed by atoms with Crippen molar-refractivity contribution in [2.24, 2.45) is 0 Å². The maximum Gasteiger partial charge on any atom is 0.161 e. The monoisotopic (exact) mass is 356 g/mol. The summed E-state index contributed by atoms with van der Waals surface area (Å²) in [5, 5.41) is 11.8. The van der Waals surface area contributed by atoms with Gasteiger partial charge in [-0.05, 0) is 19.1 Å². The van der Waals surface area contributed by atoms with Crippen LogP contribution in [-0.4, -0.2) is 65.6 Å². The number of nitrogens with two attached hydrogens (primary N) is 1. The van der Waals surface area contributed by atoms with E-state index in [0.29, 0.717) is 63.1 Å². The summed E-state index contributed by atoms with van der Waals surface area (Å²) in [6.07, 6.45) is 0. The Bertz CT molecular complexity index is 512. The molecule has 0 radical (unpaired) electrons. The molecule has 3 N–H and O–H groups in total. The van der Waals surface area contributed by atoms with Gasteiger partial charge in [-0.1, -0.05) is 0 Å². The lowest BCUT2D eigenvalue weighted by Crippen LogP contribution is -3.08. The standard InChI is InChI=1S/C17H28N2O6/c1-14(20)16-4-3-15(13-17(16)18)25-8-6-19(21)5-7-23-11-12-24-10-9-22-2/h3-4,13,19H,5-12,18H2,1-2H3. The van der Waals surface area contributed by atoms with Crippen LogP contribution in [0, 0.1) is 5.21 Å². The van der Waals surface area contributed by atoms with Gasteiger partial charge in [0.15, 0.2) is 5.78 Å². The topological polar surface area (TPSA) is 108 Å². The number of nitrogen functional groups attached to an aromatic ring is 1. The summed E-state index contributed by atoms with van der Waals surface area (Å²) in [7, 11) is 1.62. The number of methoxy groups -OCH3 is 1. The van der Waals surface area contributed by atoms with Crippen LogP contribution in [0.4, 0.5) is 5.69 Å². The van der Waals surface area contributed by atoms with Crippen LogP contribution in [0.25, 0.3) is 0 Å². The van der Waals surface area contributed by atoms with E-state index in [4.69, 9.17) is 24.7 Å². The summed E-state index contributed by atoms with van der Waals surface area (Å²) in [6, 6.07) is 4.88. The molecule has 1 aromatic carbocycles. The number of ether oxygens (including phenoxy) is 4. The average molecular weight is 356 g/mol. The molecule has 1 unspecified atom stereocenters. The molecule has 1 rings (SSSR count). The predicted molar refractivity (Wildman–Crippen MR) is 93.9 cm³/mol. The van der Waals surface area contributed by atoms with E-state index in [1.165, 1.54) is 6.92 Å². The maximum absolute atomic E-state index is 11.7. The molecule has 0 saturated heterocycles. The van der Waals surface area contributed by atoms with Gasteiger partial charge in [0.25, 0.3) is 0 Å². The Hall–Kier alpha value is -1.71. The van der Waals surface area contributed by atoms with Crippen LogP contribution in [0.1, 0.15) is 17.3 Å². The number of carbonyl (C=O) groups is 1. The van der Waals surface area contributed by atoms with Crippen molar-refractivity contribution in [2.75, 3.05) is 65.6 Å². The molecule has 0 aromatic heterocycles. The third kappa shape index (κ3) is 9.37. The second-order valence-electron chi connectivity index (χ2n) is 5.41. The Morgan fingerprint density at radius 2 is 1.72 bits per heavy atom. The highest BCUT2D eigenvalue weighted by Gasteiger charge is 2.06. The van der Waals surface area contributed by atoms with E-state index >= 15 is 0 Å². The van der Waals surface area contributed by atoms with Gasteiger partial charge in [0.2, 0.25) is 0 Å². The van der Waals surface area contributed by atoms with Crippen molar-refractivity contribution in [1.82, 2.24) is 0 Å². The van der Waals surface area contributed by atoms with Crippen molar-refractivity contribution in [2.45, 2.75) is 6.92 Å². The van der Waals surface area contributed by atoms with Crippen molar-refractivity contribution in [3.63, 3.8) is 0 Å². The van der Waals surface area contributed by atoms with E-state index in [-0.39, 0.29) is 17.5 Å². The summed E-state index contributed by atoms with van der Waals surface area (Å²) in [6.45, 7) is 4.75. The fourth-order valence-corrected chi connectivity index (χ4v) is 2.01. The number of hydrogen-bond acceptors (Lipinski definition) is 7. The summed E-state index contributed by atoms with van der Waals surface area (Å²) in [4.78, 5) is 11.3. The van der Waals surface area contributed by atoms with Gasteiger partial charge in [0.05, 0.1) is 33.0 Å². The first-order valence-electron chi connectivity index (χ1n) is 8.24. The minimum Gasteiger partial charge on any atom is -0.634 e. The van der Waals surface area contributed by atoms with Crippen LogP contribution < -0.4 is 15.5 Å². The number of nitrogens with one attached hydrogen (secondary N) is 1. The van der Waals surface area contributed by atoms with Crippen molar-refractivity contribution in [1.29, 1.82) is 0 Å². The largest absolute Gasteiger partial charge is 0.634 e. The molecule has 0 aliphatic rings. The van der Waals surface area contributed by atoms with Gasteiger partial charge in [-0.15, -0.1) is 0 Å². The molecule has 25 heavy (non-hydrogen) atoms. The molecule has 1 aromatic rings. The van der Waals surface area contributed by atoms with E-state index < -0.39 is 0 Å². The zero-order valence-electron chi connectivity index (χ0n) is 14.9. The molecule has 0 fully saturated rings. The number of anilines is 1. The molecule has 0 saturated carbocycles. The van der Waals surface area contributed by atoms with Crippen molar-refractivity contribution < 1.29 is 28.8 Å². The third-order valence-corrected chi connectivity index (χ3v) is 3.38. The molecule has 142 valence electrons. The first-order chi connectivity index (χ1) is 12.0. The summed E-state index contributed by atoms with van der Waals surface area (Å²) in [5.74, 6) is 0.447. The van der Waals surface area contributed by atoms with Gasteiger partial charge < -0.3 is 35.0 Å². The van der Waals surface area contributed by atoms with Crippen LogP contribution in [-0.2, 0) is 14.2 Å². The molecular formula is C17H28N2O6. The second kappa shape index (κ2) is 12.6. The van der Waals surface area contributed by atoms with E-state index in [1.54, 1.807) is 25.3 Å². The number of Topliss-reactive ketones (excluding diaryl/α,β-unsaturated/α-hetero) is 1. The Labute approximate surface area is 148 Å². The zero-order valence-corrected chi connectivity index (χ0v) is 14.9. The van der Waals surface area contributed by atoms with E-state index in [2.05, 4.69) is 0 Å². The number of hydrogen-bond donors (Lipinski definition) is 2. The van der Waals surface area contributed by atoms with E-state index in [1.807, 2.05) is 0 Å². The minimum absolute atomic E-state index is 0.0635. The van der Waals surface area contributed by atoms with Gasteiger partial charge >= 0.3 is 0 Å². The van der Waals surface area contributed by atoms with E-state index in [0.717, 1.165) is 0 Å². The quantitative estimate of drug-likeness (QED) is 0.208. The van der Waals surface area contributed by atoms with Crippen LogP contribution in [0.2, 0.25) is 0 Å². The van der Waals surface area contributed by atoms with E-state index in [9.17, 15) is 10.0 Å². The highest BCUT2D eigenvalue weighted by atomic mass is 16.5. The summed E-state index contributed by atoms with van der Waals surface area (Å²) >= 11 is 0. The van der Waals surface area contributed by atoms with Gasteiger partial charge in [0.1, 0.15) is 25.4 Å². The predicted octanol–water partition coefficient (Wildman–Crippen LogP) is -0.0875. The van der Waals surface area contributed by atoms with Crippen molar-refractivity contribution in [3.8, 4) is 5.75 Å². The van der Waals surface area contributed by atoms with Gasteiger partial charge in [0, 0.05) is 24.4 Å². The smallest absolute Gasteiger partial charge is 0.161 e. The first-order valence-corrected chi connectivity index (χ1v) is 8.24. The number of hydroxylamine groups is 2. The molecule has 1 atom stereocenters. The number of benzene rings is 1. The van der Waals surface area contributed by atoms with Crippen LogP contribution >= 0.6 is 0 Å². The van der Waals surface area contributed by atoms with Gasteiger partial charge in [-0.2, -0.15) is 0 Å². The molecule has 0 heterocycles. The van der Waals surface area contributed by atoms with Crippen LogP contribution in [0.5, 0.6) is 5.75 Å². The second-order valence-corrected chi connectivity index (χ2v) is 5.41. The average Bonchev–Trinajstić information content (AvgIpc) is 2.57. The Kier molecular flexibility index (Phi) is 10.8. The van der Waals surface area contributed by atoms with Crippen molar-refractivity contribution >= 4 is 11.5 Å². The third-order valence-electron chi connectivity index (χ3n) is 3.38. The number of carbonyl (C=O) groups excluding carboxylic acids is 1. The molecule has 0 aliphatic heterocycles. The number of quaternary nitrogens is 1. The fourth-order valence-electron chi connectivity index (χ4n) is 2.01. The molecule has 0 aliphatic carbocycles.